The predicted octanol–water partition coefficient (Wildman–Crippen LogP) is 1.73. The van der Waals surface area contributed by atoms with Crippen molar-refractivity contribution in [3.05, 3.63) is 28.3 Å². The molecule has 98 valence electrons. The Hall–Kier alpha value is -1.82. The van der Waals surface area contributed by atoms with E-state index < -0.39 is 4.92 Å². The zero-order chi connectivity index (χ0) is 13.0. The summed E-state index contributed by atoms with van der Waals surface area (Å²) in [6, 6.07) is 4.98. The first-order valence-corrected chi connectivity index (χ1v) is 5.89. The molecule has 0 heterocycles. The molecule has 0 aliphatic heterocycles. The molecule has 1 fully saturated rings. The van der Waals surface area contributed by atoms with Crippen LogP contribution in [0.25, 0.3) is 0 Å². The third-order valence-electron chi connectivity index (χ3n) is 2.73. The maximum absolute atomic E-state index is 10.6. The molecule has 0 aromatic heterocycles. The number of ether oxygens (including phenoxy) is 2. The highest BCUT2D eigenvalue weighted by Gasteiger charge is 2.19. The van der Waals surface area contributed by atoms with Crippen LogP contribution < -0.4 is 14.8 Å². The van der Waals surface area contributed by atoms with E-state index in [1.54, 1.807) is 6.07 Å². The van der Waals surface area contributed by atoms with Gasteiger partial charge in [0.25, 0.3) is 5.69 Å². The van der Waals surface area contributed by atoms with Crippen LogP contribution in [-0.2, 0) is 0 Å². The third kappa shape index (κ3) is 3.33. The van der Waals surface area contributed by atoms with E-state index in [-0.39, 0.29) is 5.69 Å². The van der Waals surface area contributed by atoms with Crippen molar-refractivity contribution in [2.24, 2.45) is 0 Å². The summed E-state index contributed by atoms with van der Waals surface area (Å²) in [4.78, 5) is 10.2. The lowest BCUT2D eigenvalue weighted by Crippen LogP contribution is -2.22. The van der Waals surface area contributed by atoms with Crippen LogP contribution in [0.3, 0.4) is 0 Å². The van der Waals surface area contributed by atoms with E-state index in [0.29, 0.717) is 24.1 Å². The van der Waals surface area contributed by atoms with Crippen molar-refractivity contribution >= 4 is 5.69 Å². The molecular formula is C12H16N2O4. The van der Waals surface area contributed by atoms with Gasteiger partial charge in [-0.1, -0.05) is 0 Å². The minimum Gasteiger partial charge on any atom is -0.493 e. The molecule has 1 aromatic rings. The summed E-state index contributed by atoms with van der Waals surface area (Å²) in [5, 5.41) is 13.9. The molecule has 0 saturated heterocycles. The molecule has 1 saturated carbocycles. The molecule has 6 nitrogen and oxygen atoms in total. The Morgan fingerprint density at radius 3 is 2.83 bits per heavy atom. The van der Waals surface area contributed by atoms with Crippen molar-refractivity contribution in [3.63, 3.8) is 0 Å². The van der Waals surface area contributed by atoms with Crippen molar-refractivity contribution in [2.75, 3.05) is 20.3 Å². The molecule has 18 heavy (non-hydrogen) atoms. The molecule has 1 N–H and O–H groups in total. The third-order valence-corrected chi connectivity index (χ3v) is 2.73. The molecule has 0 radical (unpaired) electrons. The predicted molar refractivity (Wildman–Crippen MR) is 66.2 cm³/mol. The minimum atomic E-state index is -0.457. The number of hydrogen-bond donors (Lipinski definition) is 1. The maximum Gasteiger partial charge on any atom is 0.273 e. The summed E-state index contributed by atoms with van der Waals surface area (Å²) in [5.41, 5.74) is -0.00435. The fourth-order valence-electron chi connectivity index (χ4n) is 1.60. The average molecular weight is 252 g/mol. The number of rotatable bonds is 7. The second-order valence-electron chi connectivity index (χ2n) is 4.17. The molecule has 0 amide bonds. The van der Waals surface area contributed by atoms with Crippen molar-refractivity contribution in [1.29, 1.82) is 0 Å². The van der Waals surface area contributed by atoms with Gasteiger partial charge in [-0.05, 0) is 18.9 Å². The minimum absolute atomic E-state index is 0.00435. The quantitative estimate of drug-likeness (QED) is 0.454. The Labute approximate surface area is 105 Å². The summed E-state index contributed by atoms with van der Waals surface area (Å²) in [7, 11) is 1.47. The monoisotopic (exact) mass is 252 g/mol. The summed E-state index contributed by atoms with van der Waals surface area (Å²) >= 11 is 0. The average Bonchev–Trinajstić information content (AvgIpc) is 3.18. The topological polar surface area (TPSA) is 73.6 Å². The highest BCUT2D eigenvalue weighted by Crippen LogP contribution is 2.30. The second kappa shape index (κ2) is 5.68. The van der Waals surface area contributed by atoms with Crippen LogP contribution in [0.2, 0.25) is 0 Å². The van der Waals surface area contributed by atoms with Gasteiger partial charge in [0.05, 0.1) is 18.1 Å². The van der Waals surface area contributed by atoms with Crippen molar-refractivity contribution < 1.29 is 14.4 Å². The van der Waals surface area contributed by atoms with Crippen LogP contribution in [0.15, 0.2) is 18.2 Å². The van der Waals surface area contributed by atoms with Crippen molar-refractivity contribution in [1.82, 2.24) is 5.32 Å². The van der Waals surface area contributed by atoms with E-state index in [9.17, 15) is 10.1 Å². The van der Waals surface area contributed by atoms with Crippen LogP contribution in [0, 0.1) is 10.1 Å². The Bertz CT molecular complexity index is 432. The summed E-state index contributed by atoms with van der Waals surface area (Å²) in [6.45, 7) is 1.29. The van der Waals surface area contributed by atoms with Crippen molar-refractivity contribution in [2.45, 2.75) is 18.9 Å². The SMILES string of the molecule is COc1cc([N+](=O)[O-])ccc1OCCNC1CC1. The highest BCUT2D eigenvalue weighted by atomic mass is 16.6. The summed E-state index contributed by atoms with van der Waals surface area (Å²) < 4.78 is 10.6. The Balaban J connectivity index is 1.91. The Morgan fingerprint density at radius 1 is 1.44 bits per heavy atom. The number of nitro benzene ring substituents is 1. The zero-order valence-electron chi connectivity index (χ0n) is 10.2. The summed E-state index contributed by atoms with van der Waals surface area (Å²) in [5.74, 6) is 0.913. The lowest BCUT2D eigenvalue weighted by Gasteiger charge is -2.10. The second-order valence-corrected chi connectivity index (χ2v) is 4.17. The lowest BCUT2D eigenvalue weighted by molar-refractivity contribution is -0.384. The number of nitrogens with zero attached hydrogens (tertiary/aromatic N) is 1. The maximum atomic E-state index is 10.6. The van der Waals surface area contributed by atoms with Gasteiger partial charge < -0.3 is 14.8 Å². The first kappa shape index (κ1) is 12.6. The van der Waals surface area contributed by atoms with E-state index in [2.05, 4.69) is 5.32 Å². The lowest BCUT2D eigenvalue weighted by atomic mass is 10.3. The first-order valence-electron chi connectivity index (χ1n) is 5.89. The van der Waals surface area contributed by atoms with Gasteiger partial charge in [-0.25, -0.2) is 0 Å². The Morgan fingerprint density at radius 2 is 2.22 bits per heavy atom. The van der Waals surface area contributed by atoms with Gasteiger partial charge in [0, 0.05) is 18.7 Å². The molecule has 2 rings (SSSR count). The molecule has 1 aromatic carbocycles. The molecule has 0 unspecified atom stereocenters. The molecular weight excluding hydrogens is 236 g/mol. The van der Waals surface area contributed by atoms with Gasteiger partial charge in [-0.15, -0.1) is 0 Å². The zero-order valence-corrected chi connectivity index (χ0v) is 10.2. The molecule has 0 atom stereocenters. The number of methoxy groups -OCH3 is 1. The van der Waals surface area contributed by atoms with Crippen LogP contribution in [0.5, 0.6) is 11.5 Å². The van der Waals surface area contributed by atoms with Crippen LogP contribution >= 0.6 is 0 Å². The van der Waals surface area contributed by atoms with Crippen LogP contribution in [0.1, 0.15) is 12.8 Å². The smallest absolute Gasteiger partial charge is 0.273 e. The van der Waals surface area contributed by atoms with Gasteiger partial charge >= 0.3 is 0 Å². The summed E-state index contributed by atoms with van der Waals surface area (Å²) in [6.07, 6.45) is 2.47. The first-order chi connectivity index (χ1) is 8.70. The fraction of sp³-hybridized carbons (Fsp3) is 0.500. The van der Waals surface area contributed by atoms with E-state index in [1.807, 2.05) is 0 Å². The highest BCUT2D eigenvalue weighted by molar-refractivity contribution is 5.48. The van der Waals surface area contributed by atoms with E-state index in [4.69, 9.17) is 9.47 Å². The molecule has 1 aliphatic rings. The standard InChI is InChI=1S/C12H16N2O4/c1-17-12-8-10(14(15)16)4-5-11(12)18-7-6-13-9-2-3-9/h4-5,8-9,13H,2-3,6-7H2,1H3. The van der Waals surface area contributed by atoms with Gasteiger partial charge in [-0.3, -0.25) is 10.1 Å². The van der Waals surface area contributed by atoms with Gasteiger partial charge in [0.1, 0.15) is 6.61 Å². The largest absolute Gasteiger partial charge is 0.493 e. The van der Waals surface area contributed by atoms with Crippen molar-refractivity contribution in [3.8, 4) is 11.5 Å². The van der Waals surface area contributed by atoms with Gasteiger partial charge in [-0.2, -0.15) is 0 Å². The van der Waals surface area contributed by atoms with Gasteiger partial charge in [0.15, 0.2) is 11.5 Å². The number of nitro groups is 1. The molecule has 6 heteroatoms. The Kier molecular flexibility index (Phi) is 3.99. The van der Waals surface area contributed by atoms with E-state index in [1.165, 1.54) is 32.1 Å². The molecule has 1 aliphatic carbocycles. The van der Waals surface area contributed by atoms with E-state index in [0.717, 1.165) is 6.54 Å². The van der Waals surface area contributed by atoms with Crippen LogP contribution in [-0.4, -0.2) is 31.2 Å². The molecule has 0 bridgehead atoms. The van der Waals surface area contributed by atoms with E-state index >= 15 is 0 Å². The fourth-order valence-corrected chi connectivity index (χ4v) is 1.60. The number of non-ortho nitro benzene ring substituents is 1. The van der Waals surface area contributed by atoms with Gasteiger partial charge in [0.2, 0.25) is 0 Å². The number of nitrogens with one attached hydrogen (secondary N) is 1. The number of hydrogen-bond acceptors (Lipinski definition) is 5. The number of benzene rings is 1. The van der Waals surface area contributed by atoms with Crippen LogP contribution in [0.4, 0.5) is 5.69 Å². The normalized spacial score (nSPS) is 14.3. The molecule has 0 spiro atoms.